The second-order valence-corrected chi connectivity index (χ2v) is 8.50. The average Bonchev–Trinajstić information content (AvgIpc) is 2.73. The number of hydrogen-bond donors (Lipinski definition) is 0. The summed E-state index contributed by atoms with van der Waals surface area (Å²) in [6.45, 7) is -0.0884. The fourth-order valence-electron chi connectivity index (χ4n) is 2.24. The standard InChI is InChI=1S/C12H22O9S2/c1-18-11(13)7-5-4-6-9-12(21-23(3,16)17)10(8-19-9)20-22(2,14)15/h9-10,12H,4-8H2,1-3H3/t9-,10+,12-/m0/s1. The molecule has 0 unspecified atom stereocenters. The zero-order valence-corrected chi connectivity index (χ0v) is 14.9. The van der Waals surface area contributed by atoms with Crippen LogP contribution in [0.2, 0.25) is 0 Å². The molecule has 0 saturated carbocycles. The van der Waals surface area contributed by atoms with Crippen LogP contribution in [-0.2, 0) is 42.9 Å². The van der Waals surface area contributed by atoms with Crippen molar-refractivity contribution in [2.45, 2.75) is 44.0 Å². The van der Waals surface area contributed by atoms with E-state index in [0.717, 1.165) is 12.5 Å². The molecule has 0 amide bonds. The number of esters is 1. The van der Waals surface area contributed by atoms with Gasteiger partial charge in [-0.15, -0.1) is 0 Å². The maximum Gasteiger partial charge on any atom is 0.305 e. The lowest BCUT2D eigenvalue weighted by Gasteiger charge is -2.21. The largest absolute Gasteiger partial charge is 0.469 e. The fraction of sp³-hybridized carbons (Fsp3) is 0.917. The van der Waals surface area contributed by atoms with Crippen LogP contribution in [0.3, 0.4) is 0 Å². The van der Waals surface area contributed by atoms with Gasteiger partial charge in [0.05, 0.1) is 32.3 Å². The van der Waals surface area contributed by atoms with Crippen LogP contribution < -0.4 is 0 Å². The molecule has 0 spiro atoms. The molecule has 0 aromatic rings. The highest BCUT2D eigenvalue weighted by molar-refractivity contribution is 7.86. The van der Waals surface area contributed by atoms with Crippen molar-refractivity contribution in [3.63, 3.8) is 0 Å². The maximum atomic E-state index is 11.4. The van der Waals surface area contributed by atoms with E-state index in [1.54, 1.807) is 0 Å². The Morgan fingerprint density at radius 1 is 1.09 bits per heavy atom. The van der Waals surface area contributed by atoms with Crippen LogP contribution in [-0.4, -0.2) is 67.3 Å². The lowest BCUT2D eigenvalue weighted by molar-refractivity contribution is -0.140. The number of unbranched alkanes of at least 4 members (excludes halogenated alkanes) is 1. The van der Waals surface area contributed by atoms with Gasteiger partial charge in [0.25, 0.3) is 20.2 Å². The van der Waals surface area contributed by atoms with Crippen LogP contribution in [0.15, 0.2) is 0 Å². The van der Waals surface area contributed by atoms with Gasteiger partial charge in [-0.1, -0.05) is 6.42 Å². The van der Waals surface area contributed by atoms with E-state index in [0.29, 0.717) is 19.3 Å². The molecule has 0 aromatic carbocycles. The molecule has 1 heterocycles. The first kappa shape index (κ1) is 20.3. The molecule has 1 rings (SSSR count). The van der Waals surface area contributed by atoms with Gasteiger partial charge >= 0.3 is 5.97 Å². The molecule has 3 atom stereocenters. The third-order valence-electron chi connectivity index (χ3n) is 3.14. The Balaban J connectivity index is 2.64. The van der Waals surface area contributed by atoms with E-state index in [1.807, 2.05) is 0 Å². The fourth-order valence-corrected chi connectivity index (χ4v) is 3.51. The first-order valence-electron chi connectivity index (χ1n) is 6.97. The molecular formula is C12H22O9S2. The van der Waals surface area contributed by atoms with Crippen molar-refractivity contribution in [1.29, 1.82) is 0 Å². The highest BCUT2D eigenvalue weighted by Crippen LogP contribution is 2.27. The van der Waals surface area contributed by atoms with Crippen LogP contribution >= 0.6 is 0 Å². The third-order valence-corrected chi connectivity index (χ3v) is 4.31. The summed E-state index contributed by atoms with van der Waals surface area (Å²) >= 11 is 0. The minimum absolute atomic E-state index is 0.0884. The Hall–Kier alpha value is -0.750. The Morgan fingerprint density at radius 3 is 2.22 bits per heavy atom. The van der Waals surface area contributed by atoms with E-state index < -0.39 is 38.5 Å². The summed E-state index contributed by atoms with van der Waals surface area (Å²) in [6.07, 6.45) is 0.790. The molecule has 0 N–H and O–H groups in total. The van der Waals surface area contributed by atoms with Gasteiger partial charge in [0.1, 0.15) is 12.2 Å². The van der Waals surface area contributed by atoms with Gasteiger partial charge in [-0.25, -0.2) is 0 Å². The molecule has 1 aliphatic rings. The van der Waals surface area contributed by atoms with Crippen molar-refractivity contribution in [1.82, 2.24) is 0 Å². The maximum absolute atomic E-state index is 11.4. The van der Waals surface area contributed by atoms with Gasteiger partial charge in [0.15, 0.2) is 0 Å². The Labute approximate surface area is 136 Å². The van der Waals surface area contributed by atoms with Crippen molar-refractivity contribution in [3.8, 4) is 0 Å². The van der Waals surface area contributed by atoms with Crippen LogP contribution in [0.4, 0.5) is 0 Å². The smallest absolute Gasteiger partial charge is 0.305 e. The zero-order valence-electron chi connectivity index (χ0n) is 13.3. The number of methoxy groups -OCH3 is 1. The van der Waals surface area contributed by atoms with Gasteiger partial charge in [-0.2, -0.15) is 16.8 Å². The Kier molecular flexibility index (Phi) is 7.39. The predicted octanol–water partition coefficient (Wildman–Crippen LogP) is -0.192. The summed E-state index contributed by atoms with van der Waals surface area (Å²) in [6, 6.07) is 0. The summed E-state index contributed by atoms with van der Waals surface area (Å²) in [7, 11) is -6.28. The van der Waals surface area contributed by atoms with Gasteiger partial charge in [0, 0.05) is 6.42 Å². The summed E-state index contributed by atoms with van der Waals surface area (Å²) in [5.41, 5.74) is 0. The highest BCUT2D eigenvalue weighted by atomic mass is 32.2. The monoisotopic (exact) mass is 374 g/mol. The molecule has 136 valence electrons. The second-order valence-electron chi connectivity index (χ2n) is 5.30. The van der Waals surface area contributed by atoms with Crippen molar-refractivity contribution in [2.75, 3.05) is 26.2 Å². The molecular weight excluding hydrogens is 352 g/mol. The molecule has 0 radical (unpaired) electrons. The van der Waals surface area contributed by atoms with Crippen LogP contribution in [0, 0.1) is 0 Å². The lowest BCUT2D eigenvalue weighted by Crippen LogP contribution is -2.37. The molecule has 1 saturated heterocycles. The van der Waals surface area contributed by atoms with Crippen molar-refractivity contribution >= 4 is 26.2 Å². The lowest BCUT2D eigenvalue weighted by atomic mass is 10.0. The van der Waals surface area contributed by atoms with Crippen LogP contribution in [0.25, 0.3) is 0 Å². The number of rotatable bonds is 9. The van der Waals surface area contributed by atoms with Gasteiger partial charge in [0.2, 0.25) is 0 Å². The molecule has 23 heavy (non-hydrogen) atoms. The Morgan fingerprint density at radius 2 is 1.70 bits per heavy atom. The molecule has 9 nitrogen and oxygen atoms in total. The Bertz CT molecular complexity index is 596. The second kappa shape index (κ2) is 8.38. The topological polar surface area (TPSA) is 122 Å². The summed E-state index contributed by atoms with van der Waals surface area (Å²) in [5.74, 6) is -0.334. The van der Waals surface area contributed by atoms with E-state index in [2.05, 4.69) is 4.74 Å². The van der Waals surface area contributed by atoms with Crippen molar-refractivity contribution in [2.24, 2.45) is 0 Å². The van der Waals surface area contributed by atoms with Crippen LogP contribution in [0.1, 0.15) is 25.7 Å². The number of ether oxygens (including phenoxy) is 2. The zero-order chi connectivity index (χ0) is 17.7. The van der Waals surface area contributed by atoms with Crippen molar-refractivity contribution < 1.29 is 39.5 Å². The number of carbonyl (C=O) groups is 1. The average molecular weight is 374 g/mol. The van der Waals surface area contributed by atoms with E-state index in [1.165, 1.54) is 7.11 Å². The minimum atomic E-state index is -3.81. The summed E-state index contributed by atoms with van der Waals surface area (Å²) in [5, 5.41) is 0. The molecule has 0 aliphatic carbocycles. The SMILES string of the molecule is COC(=O)CCCC[C@@H]1OC[C@@H](OS(C)(=O)=O)[C@H]1OS(C)(=O)=O. The van der Waals surface area contributed by atoms with Gasteiger partial charge in [-0.05, 0) is 12.8 Å². The van der Waals surface area contributed by atoms with E-state index >= 15 is 0 Å². The first-order valence-corrected chi connectivity index (χ1v) is 10.6. The van der Waals surface area contributed by atoms with Gasteiger partial charge < -0.3 is 9.47 Å². The molecule has 1 aliphatic heterocycles. The molecule has 11 heteroatoms. The molecule has 1 fully saturated rings. The summed E-state index contributed by atoms with van der Waals surface area (Å²) in [4.78, 5) is 11.0. The quantitative estimate of drug-likeness (QED) is 0.307. The third kappa shape index (κ3) is 8.06. The summed E-state index contributed by atoms with van der Waals surface area (Å²) < 4.78 is 64.9. The number of carbonyl (C=O) groups excluding carboxylic acids is 1. The van der Waals surface area contributed by atoms with E-state index in [9.17, 15) is 21.6 Å². The van der Waals surface area contributed by atoms with Crippen LogP contribution in [0.5, 0.6) is 0 Å². The van der Waals surface area contributed by atoms with Gasteiger partial charge in [-0.3, -0.25) is 13.2 Å². The van der Waals surface area contributed by atoms with E-state index in [-0.39, 0.29) is 19.0 Å². The first-order chi connectivity index (χ1) is 10.5. The minimum Gasteiger partial charge on any atom is -0.469 e. The molecule has 0 aromatic heterocycles. The molecule has 0 bridgehead atoms. The number of hydrogen-bond acceptors (Lipinski definition) is 9. The predicted molar refractivity (Wildman–Crippen MR) is 79.7 cm³/mol. The van der Waals surface area contributed by atoms with Crippen molar-refractivity contribution in [3.05, 3.63) is 0 Å². The normalized spacial score (nSPS) is 25.4. The highest BCUT2D eigenvalue weighted by Gasteiger charge is 2.42. The van der Waals surface area contributed by atoms with E-state index in [4.69, 9.17) is 13.1 Å².